The number of rotatable bonds is 8. The van der Waals surface area contributed by atoms with Gasteiger partial charge in [-0.3, -0.25) is 9.59 Å². The lowest BCUT2D eigenvalue weighted by atomic mass is 9.74. The third-order valence-corrected chi connectivity index (χ3v) is 11.6. The molecule has 1 amide bonds. The highest BCUT2D eigenvalue weighted by Gasteiger charge is 2.55. The summed E-state index contributed by atoms with van der Waals surface area (Å²) in [4.78, 5) is 26.4. The highest BCUT2D eigenvalue weighted by Crippen LogP contribution is 2.42. The van der Waals surface area contributed by atoms with Crippen LogP contribution < -0.4 is 0 Å². The number of hydrogen-bond donors (Lipinski definition) is 1. The van der Waals surface area contributed by atoms with Crippen LogP contribution in [-0.2, 0) is 14.0 Å². The van der Waals surface area contributed by atoms with Gasteiger partial charge in [0, 0.05) is 10.8 Å². The van der Waals surface area contributed by atoms with Gasteiger partial charge in [-0.15, -0.1) is 0 Å². The zero-order valence-corrected chi connectivity index (χ0v) is 20.2. The van der Waals surface area contributed by atoms with E-state index in [1.807, 2.05) is 44.2 Å². The Balaban J connectivity index is 2.29. The Kier molecular flexibility index (Phi) is 7.08. The molecule has 160 valence electrons. The van der Waals surface area contributed by atoms with E-state index in [0.717, 1.165) is 10.4 Å². The molecule has 1 N–H and O–H groups in total. The molecule has 2 rings (SSSR count). The number of likely N-dealkylation sites (tertiary alicyclic amines) is 1. The van der Waals surface area contributed by atoms with E-state index in [0.29, 0.717) is 0 Å². The van der Waals surface area contributed by atoms with Crippen molar-refractivity contribution in [3.63, 3.8) is 0 Å². The second kappa shape index (κ2) is 8.66. The third kappa shape index (κ3) is 4.95. The lowest BCUT2D eigenvalue weighted by Crippen LogP contribution is -2.69. The van der Waals surface area contributed by atoms with Crippen LogP contribution in [0.25, 0.3) is 0 Å². The van der Waals surface area contributed by atoms with Gasteiger partial charge >= 0.3 is 5.97 Å². The largest absolute Gasteiger partial charge is 0.480 e. The van der Waals surface area contributed by atoms with Crippen molar-refractivity contribution in [2.45, 2.75) is 64.9 Å². The number of carboxylic acids is 1. The summed E-state index contributed by atoms with van der Waals surface area (Å²) in [6.07, 6.45) is -0.292. The molecule has 0 spiro atoms. The van der Waals surface area contributed by atoms with Crippen LogP contribution in [0.4, 0.5) is 0 Å². The zero-order valence-electron chi connectivity index (χ0n) is 18.4. The van der Waals surface area contributed by atoms with E-state index >= 15 is 0 Å². The number of aliphatic carboxylic acids is 1. The molecule has 1 saturated heterocycles. The second-order valence-corrected chi connectivity index (χ2v) is 14.7. The average molecular weight is 436 g/mol. The average Bonchev–Trinajstić information content (AvgIpc) is 2.61. The quantitative estimate of drug-likeness (QED) is 0.284. The Morgan fingerprint density at radius 3 is 2.28 bits per heavy atom. The van der Waals surface area contributed by atoms with Crippen LogP contribution in [-0.4, -0.2) is 53.8 Å². The minimum atomic E-state index is -2.07. The summed E-state index contributed by atoms with van der Waals surface area (Å²) in [6, 6.07) is 9.40. The number of carbonyl (C=O) groups excluding carboxylic acids is 1. The lowest BCUT2D eigenvalue weighted by molar-refractivity contribution is -0.170. The lowest BCUT2D eigenvalue weighted by Gasteiger charge is -2.53. The summed E-state index contributed by atoms with van der Waals surface area (Å²) in [5, 5.41) is 9.31. The van der Waals surface area contributed by atoms with Crippen LogP contribution in [0.3, 0.4) is 0 Å². The molecule has 7 heteroatoms. The molecular formula is C22H33NO4SSi. The van der Waals surface area contributed by atoms with Crippen molar-refractivity contribution in [3.05, 3.63) is 35.9 Å². The molecule has 1 aromatic carbocycles. The molecule has 0 bridgehead atoms. The Morgan fingerprint density at radius 1 is 1.24 bits per heavy atom. The van der Waals surface area contributed by atoms with E-state index in [-0.39, 0.29) is 41.5 Å². The van der Waals surface area contributed by atoms with Crippen molar-refractivity contribution in [2.75, 3.05) is 6.54 Å². The van der Waals surface area contributed by atoms with E-state index in [9.17, 15) is 14.7 Å². The molecule has 0 aromatic heterocycles. The molecule has 0 unspecified atom stereocenters. The fourth-order valence-corrected chi connectivity index (χ4v) is 5.42. The van der Waals surface area contributed by atoms with Crippen LogP contribution in [0.15, 0.2) is 30.3 Å². The highest BCUT2D eigenvalue weighted by atomic mass is 32.1. The van der Waals surface area contributed by atoms with E-state index in [1.165, 1.54) is 4.90 Å². The van der Waals surface area contributed by atoms with Crippen molar-refractivity contribution in [3.8, 4) is 0 Å². The van der Waals surface area contributed by atoms with Gasteiger partial charge in [0.05, 0.1) is 18.1 Å². The SMILES string of the molecule is C[C@@H](O[Si](C)(C)C(C)(C)C)[C@H]1C(=O)N(CC(=O)O)[C@@H]1[C@@H](C)C(=S)c1ccccc1. The topological polar surface area (TPSA) is 66.8 Å². The number of nitrogens with zero attached hydrogens (tertiary/aromatic N) is 1. The molecular weight excluding hydrogens is 402 g/mol. The third-order valence-electron chi connectivity index (χ3n) is 6.38. The minimum absolute atomic E-state index is 0.0231. The van der Waals surface area contributed by atoms with Gasteiger partial charge in [0.2, 0.25) is 5.91 Å². The fourth-order valence-electron chi connectivity index (χ4n) is 3.72. The number of β-lactam (4-membered cyclic amide) rings is 1. The molecule has 0 saturated carbocycles. The van der Waals surface area contributed by atoms with Crippen LogP contribution in [0.5, 0.6) is 0 Å². The van der Waals surface area contributed by atoms with Gasteiger partial charge < -0.3 is 14.4 Å². The van der Waals surface area contributed by atoms with E-state index in [4.69, 9.17) is 16.6 Å². The van der Waals surface area contributed by atoms with Crippen LogP contribution in [0.2, 0.25) is 18.1 Å². The normalized spacial score (nSPS) is 22.0. The van der Waals surface area contributed by atoms with Gasteiger partial charge in [-0.2, -0.15) is 0 Å². The molecule has 0 radical (unpaired) electrons. The van der Waals surface area contributed by atoms with Gasteiger partial charge in [0.25, 0.3) is 0 Å². The van der Waals surface area contributed by atoms with Gasteiger partial charge in [0.1, 0.15) is 6.54 Å². The number of thiocarbonyl (C=S) groups is 1. The molecule has 1 aliphatic heterocycles. The predicted molar refractivity (Wildman–Crippen MR) is 122 cm³/mol. The summed E-state index contributed by atoms with van der Waals surface area (Å²) in [5.41, 5.74) is 0.932. The molecule has 1 aliphatic rings. The first-order valence-corrected chi connectivity index (χ1v) is 13.4. The standard InChI is InChI=1S/C22H33NO4SSi/c1-14(20(28)16-11-9-8-10-12-16)19-18(21(26)23(19)13-17(24)25)15(2)27-29(6,7)22(3,4)5/h8-12,14-15,18-19H,13H2,1-7H3,(H,24,25)/t14-,15-,18-,19-/m1/s1. The first-order chi connectivity index (χ1) is 13.3. The monoisotopic (exact) mass is 435 g/mol. The first kappa shape index (κ1) is 23.7. The fraction of sp³-hybridized carbons (Fsp3) is 0.591. The maximum absolute atomic E-state index is 12.9. The first-order valence-electron chi connectivity index (χ1n) is 10.1. The molecule has 29 heavy (non-hydrogen) atoms. The summed E-state index contributed by atoms with van der Waals surface area (Å²) in [7, 11) is -2.07. The Morgan fingerprint density at radius 2 is 1.79 bits per heavy atom. The molecule has 1 heterocycles. The highest BCUT2D eigenvalue weighted by molar-refractivity contribution is 7.80. The second-order valence-electron chi connectivity index (χ2n) is 9.48. The predicted octanol–water partition coefficient (Wildman–Crippen LogP) is 4.36. The number of carbonyl (C=O) groups is 2. The summed E-state index contributed by atoms with van der Waals surface area (Å²) >= 11 is 5.72. The summed E-state index contributed by atoms with van der Waals surface area (Å²) in [5.74, 6) is -1.72. The van der Waals surface area contributed by atoms with Gasteiger partial charge in [-0.05, 0) is 30.6 Å². The van der Waals surface area contributed by atoms with Crippen LogP contribution in [0, 0.1) is 11.8 Å². The summed E-state index contributed by atoms with van der Waals surface area (Å²) in [6.45, 7) is 14.4. The van der Waals surface area contributed by atoms with Crippen molar-refractivity contribution in [1.82, 2.24) is 4.90 Å². The Hall–Kier alpha value is -1.57. The summed E-state index contributed by atoms with van der Waals surface area (Å²) < 4.78 is 6.50. The number of benzene rings is 1. The van der Waals surface area contributed by atoms with E-state index < -0.39 is 14.3 Å². The van der Waals surface area contributed by atoms with Crippen molar-refractivity contribution >= 4 is 37.3 Å². The van der Waals surface area contributed by atoms with E-state index in [2.05, 4.69) is 33.9 Å². The van der Waals surface area contributed by atoms with Gasteiger partial charge in [-0.25, -0.2) is 0 Å². The maximum atomic E-state index is 12.9. The van der Waals surface area contributed by atoms with Crippen molar-refractivity contribution in [1.29, 1.82) is 0 Å². The van der Waals surface area contributed by atoms with Crippen molar-refractivity contribution < 1.29 is 19.1 Å². The minimum Gasteiger partial charge on any atom is -0.480 e. The smallest absolute Gasteiger partial charge is 0.323 e. The number of hydrogen-bond acceptors (Lipinski definition) is 4. The van der Waals surface area contributed by atoms with Crippen molar-refractivity contribution in [2.24, 2.45) is 11.8 Å². The molecule has 0 aliphatic carbocycles. The van der Waals surface area contributed by atoms with Gasteiger partial charge in [-0.1, -0.05) is 70.2 Å². The maximum Gasteiger partial charge on any atom is 0.323 e. The van der Waals surface area contributed by atoms with Gasteiger partial charge in [0.15, 0.2) is 8.32 Å². The van der Waals surface area contributed by atoms with Crippen LogP contribution >= 0.6 is 12.2 Å². The Labute approximate surface area is 180 Å². The van der Waals surface area contributed by atoms with Crippen LogP contribution in [0.1, 0.15) is 40.2 Å². The molecule has 1 fully saturated rings. The number of carboxylic acid groups (broad SMARTS) is 1. The molecule has 5 nitrogen and oxygen atoms in total. The Bertz CT molecular complexity index is 775. The number of amides is 1. The molecule has 1 aromatic rings. The zero-order chi connectivity index (χ0) is 22.1. The van der Waals surface area contributed by atoms with E-state index in [1.54, 1.807) is 0 Å². The molecule has 4 atom stereocenters.